The minimum atomic E-state index is -3.31. The highest BCUT2D eigenvalue weighted by molar-refractivity contribution is 7.92. The van der Waals surface area contributed by atoms with Crippen molar-refractivity contribution in [1.82, 2.24) is 0 Å². The van der Waals surface area contributed by atoms with Gasteiger partial charge in [-0.15, -0.1) is 0 Å². The molecule has 2 aliphatic heterocycles. The molecule has 1 aliphatic carbocycles. The fourth-order valence-electron chi connectivity index (χ4n) is 3.70. The van der Waals surface area contributed by atoms with Gasteiger partial charge in [0.25, 0.3) is 0 Å². The number of hydrogen-bond acceptors (Lipinski definition) is 4. The summed E-state index contributed by atoms with van der Waals surface area (Å²) in [5.74, 6) is 0. The Labute approximate surface area is 141 Å². The van der Waals surface area contributed by atoms with Gasteiger partial charge in [-0.2, -0.15) is 0 Å². The third-order valence-corrected chi connectivity index (χ3v) is 6.15. The second kappa shape index (κ2) is 5.24. The van der Waals surface area contributed by atoms with Crippen molar-refractivity contribution < 1.29 is 8.42 Å². The molecule has 0 bridgehead atoms. The molecule has 3 aliphatic rings. The van der Waals surface area contributed by atoms with Gasteiger partial charge in [-0.3, -0.25) is 9.30 Å². The zero-order chi connectivity index (χ0) is 16.2. The Morgan fingerprint density at radius 3 is 2.87 bits per heavy atom. The largest absolute Gasteiger partial charge is 0.308 e. The SMILES string of the molecule is CS(=O)(=O)N1CCc2cccc(N3C4=C(C=NC3Cl)CCC4)c21. The van der Waals surface area contributed by atoms with Gasteiger partial charge in [0.05, 0.1) is 17.6 Å². The Balaban J connectivity index is 1.88. The summed E-state index contributed by atoms with van der Waals surface area (Å²) in [7, 11) is -3.31. The second-order valence-electron chi connectivity index (χ2n) is 6.15. The molecule has 122 valence electrons. The normalized spacial score (nSPS) is 23.5. The first kappa shape index (κ1) is 15.0. The molecular formula is C16H18ClN3O2S. The number of nitrogens with zero attached hydrogens (tertiary/aromatic N) is 3. The molecule has 1 atom stereocenters. The maximum Gasteiger partial charge on any atom is 0.232 e. The van der Waals surface area contributed by atoms with Gasteiger partial charge in [-0.25, -0.2) is 8.42 Å². The number of aliphatic imine (C=N–C) groups is 1. The van der Waals surface area contributed by atoms with Gasteiger partial charge in [0.2, 0.25) is 15.6 Å². The van der Waals surface area contributed by atoms with Crippen LogP contribution in [-0.2, 0) is 16.4 Å². The quantitative estimate of drug-likeness (QED) is 0.608. The Bertz CT molecular complexity index is 832. The van der Waals surface area contributed by atoms with E-state index in [2.05, 4.69) is 4.99 Å². The van der Waals surface area contributed by atoms with Crippen LogP contribution < -0.4 is 9.21 Å². The van der Waals surface area contributed by atoms with E-state index in [-0.39, 0.29) is 0 Å². The molecule has 0 radical (unpaired) electrons. The molecular weight excluding hydrogens is 334 g/mol. The van der Waals surface area contributed by atoms with Gasteiger partial charge in [0.15, 0.2) is 0 Å². The van der Waals surface area contributed by atoms with Crippen molar-refractivity contribution in [2.75, 3.05) is 22.0 Å². The number of para-hydroxylation sites is 1. The third-order valence-electron chi connectivity index (χ3n) is 4.68. The molecule has 0 N–H and O–H groups in total. The highest BCUT2D eigenvalue weighted by atomic mass is 35.5. The van der Waals surface area contributed by atoms with Crippen LogP contribution >= 0.6 is 11.6 Å². The number of fused-ring (bicyclic) bond motifs is 1. The zero-order valence-corrected chi connectivity index (χ0v) is 14.4. The Kier molecular flexibility index (Phi) is 3.43. The Hall–Kier alpha value is -1.53. The van der Waals surface area contributed by atoms with Gasteiger partial charge in [0.1, 0.15) is 0 Å². The predicted molar refractivity (Wildman–Crippen MR) is 93.8 cm³/mol. The first-order valence-electron chi connectivity index (χ1n) is 7.75. The highest BCUT2D eigenvalue weighted by Gasteiger charge is 2.35. The smallest absolute Gasteiger partial charge is 0.232 e. The van der Waals surface area contributed by atoms with Crippen molar-refractivity contribution in [2.45, 2.75) is 31.3 Å². The number of allylic oxidation sites excluding steroid dienone is 2. The van der Waals surface area contributed by atoms with E-state index in [9.17, 15) is 8.42 Å². The van der Waals surface area contributed by atoms with Gasteiger partial charge in [-0.05, 0) is 42.9 Å². The van der Waals surface area contributed by atoms with Crippen LogP contribution in [0.1, 0.15) is 24.8 Å². The lowest BCUT2D eigenvalue weighted by Crippen LogP contribution is -2.35. The predicted octanol–water partition coefficient (Wildman–Crippen LogP) is 2.86. The fourth-order valence-corrected chi connectivity index (χ4v) is 4.94. The molecule has 0 saturated heterocycles. The monoisotopic (exact) mass is 351 g/mol. The average molecular weight is 352 g/mol. The molecule has 0 spiro atoms. The zero-order valence-electron chi connectivity index (χ0n) is 12.9. The van der Waals surface area contributed by atoms with E-state index in [1.165, 1.54) is 21.8 Å². The van der Waals surface area contributed by atoms with Crippen LogP contribution in [0.4, 0.5) is 11.4 Å². The summed E-state index contributed by atoms with van der Waals surface area (Å²) < 4.78 is 25.8. The van der Waals surface area contributed by atoms with Crippen molar-refractivity contribution in [3.63, 3.8) is 0 Å². The lowest BCUT2D eigenvalue weighted by atomic mass is 10.1. The third kappa shape index (κ3) is 2.35. The summed E-state index contributed by atoms with van der Waals surface area (Å²) in [5.41, 5.74) is 4.51. The van der Waals surface area contributed by atoms with Crippen molar-refractivity contribution in [1.29, 1.82) is 0 Å². The standard InChI is InChI=1S/C16H18ClN3O2S/c1-23(21,22)19-9-8-11-4-2-7-14(15(11)19)20-13-6-3-5-12(13)10-18-16(20)17/h2,4,7,10,16H,3,5-6,8-9H2,1H3. The first-order valence-corrected chi connectivity index (χ1v) is 10.0. The second-order valence-corrected chi connectivity index (χ2v) is 8.45. The van der Waals surface area contributed by atoms with Crippen LogP contribution in [0.25, 0.3) is 0 Å². The van der Waals surface area contributed by atoms with Gasteiger partial charge in [-0.1, -0.05) is 23.7 Å². The number of halogens is 1. The van der Waals surface area contributed by atoms with E-state index in [0.717, 1.165) is 42.6 Å². The summed E-state index contributed by atoms with van der Waals surface area (Å²) >= 11 is 6.47. The number of anilines is 2. The molecule has 5 nitrogen and oxygen atoms in total. The van der Waals surface area contributed by atoms with E-state index in [0.29, 0.717) is 6.54 Å². The number of benzene rings is 1. The van der Waals surface area contributed by atoms with Crippen LogP contribution in [-0.4, -0.2) is 33.1 Å². The maximum absolute atomic E-state index is 12.2. The summed E-state index contributed by atoms with van der Waals surface area (Å²) in [5, 5.41) is 0. The number of sulfonamides is 1. The van der Waals surface area contributed by atoms with Gasteiger partial charge in [0, 0.05) is 18.5 Å². The topological polar surface area (TPSA) is 53.0 Å². The summed E-state index contributed by atoms with van der Waals surface area (Å²) in [6.07, 6.45) is 6.89. The molecule has 0 saturated carbocycles. The van der Waals surface area contributed by atoms with Crippen LogP contribution in [0.5, 0.6) is 0 Å². The molecule has 7 heteroatoms. The van der Waals surface area contributed by atoms with E-state index < -0.39 is 15.6 Å². The molecule has 0 fully saturated rings. The van der Waals surface area contributed by atoms with Crippen LogP contribution in [0.15, 0.2) is 34.5 Å². The van der Waals surface area contributed by atoms with Crippen LogP contribution in [0.3, 0.4) is 0 Å². The van der Waals surface area contributed by atoms with Crippen molar-refractivity contribution in [2.24, 2.45) is 4.99 Å². The summed E-state index contributed by atoms with van der Waals surface area (Å²) in [6, 6.07) is 5.91. The number of alkyl halides is 1. The molecule has 23 heavy (non-hydrogen) atoms. The number of rotatable bonds is 2. The van der Waals surface area contributed by atoms with Crippen LogP contribution in [0, 0.1) is 0 Å². The molecule has 0 amide bonds. The maximum atomic E-state index is 12.2. The van der Waals surface area contributed by atoms with E-state index in [1.807, 2.05) is 29.3 Å². The minimum absolute atomic E-state index is 0.487. The molecule has 0 aromatic heterocycles. The van der Waals surface area contributed by atoms with Gasteiger partial charge >= 0.3 is 0 Å². The van der Waals surface area contributed by atoms with Crippen molar-refractivity contribution in [3.8, 4) is 0 Å². The lowest BCUT2D eigenvalue weighted by molar-refractivity contribution is 0.598. The molecule has 1 aromatic carbocycles. The minimum Gasteiger partial charge on any atom is -0.308 e. The lowest BCUT2D eigenvalue weighted by Gasteiger charge is -2.34. The number of hydrogen-bond donors (Lipinski definition) is 0. The Morgan fingerprint density at radius 2 is 2.09 bits per heavy atom. The van der Waals surface area contributed by atoms with Gasteiger partial charge < -0.3 is 4.90 Å². The molecule has 1 aromatic rings. The van der Waals surface area contributed by atoms with E-state index in [4.69, 9.17) is 11.6 Å². The summed E-state index contributed by atoms with van der Waals surface area (Å²) in [4.78, 5) is 6.39. The van der Waals surface area contributed by atoms with Crippen LogP contribution in [0.2, 0.25) is 0 Å². The van der Waals surface area contributed by atoms with Crippen molar-refractivity contribution in [3.05, 3.63) is 35.0 Å². The van der Waals surface area contributed by atoms with E-state index in [1.54, 1.807) is 0 Å². The molecule has 4 rings (SSSR count). The fraction of sp³-hybridized carbons (Fsp3) is 0.438. The Morgan fingerprint density at radius 1 is 1.26 bits per heavy atom. The molecule has 2 heterocycles. The highest BCUT2D eigenvalue weighted by Crippen LogP contribution is 2.45. The average Bonchev–Trinajstić information content (AvgIpc) is 3.12. The van der Waals surface area contributed by atoms with Crippen molar-refractivity contribution >= 4 is 39.2 Å². The summed E-state index contributed by atoms with van der Waals surface area (Å²) in [6.45, 7) is 0.487. The molecule has 1 unspecified atom stereocenters. The van der Waals surface area contributed by atoms with E-state index >= 15 is 0 Å². The first-order chi connectivity index (χ1) is 11.0.